The van der Waals surface area contributed by atoms with E-state index < -0.39 is 43.4 Å². The highest BCUT2D eigenvalue weighted by Gasteiger charge is 2.31. The van der Waals surface area contributed by atoms with Crippen molar-refractivity contribution in [2.24, 2.45) is 0 Å². The van der Waals surface area contributed by atoms with E-state index in [1.54, 1.807) is 0 Å². The summed E-state index contributed by atoms with van der Waals surface area (Å²) in [6.45, 7) is 36.9. The number of carbonyl (C=O) groups excluding carboxylic acids is 2. The smallest absolute Gasteiger partial charge is 0.308 e. The SMILES string of the molecule is CCOc1c2cc(C(C)(C)C)cc1Cc1cc([N+](=O)[O-])cc(c1OC(C)=O)Cc1cc(C(C)(C)C)cc(c1OCC)Cc1cc(C(C)(C)C)cc(c1OCC)Cc1cc([N+](=O)[O-])cc(c1OC(C)=O)Cc1cc(C(C)(C)C)cc(c1OCC)C2. The Morgan fingerprint density at radius 3 is 0.643 bits per heavy atom. The Hall–Kier alpha value is -7.74. The molecular weight excluding hydrogens is 1060 g/mol. The van der Waals surface area contributed by atoms with Gasteiger partial charge >= 0.3 is 11.9 Å². The first-order chi connectivity index (χ1) is 39.2. The van der Waals surface area contributed by atoms with Crippen molar-refractivity contribution in [1.82, 2.24) is 0 Å². The van der Waals surface area contributed by atoms with Crippen molar-refractivity contribution in [2.45, 2.75) is 185 Å². The van der Waals surface area contributed by atoms with E-state index in [2.05, 4.69) is 132 Å². The fourth-order valence-electron chi connectivity index (χ4n) is 11.1. The number of hydrogen-bond donors (Lipinski definition) is 0. The summed E-state index contributed by atoms with van der Waals surface area (Å²) in [5.74, 6) is 1.54. The second kappa shape index (κ2) is 25.2. The highest BCUT2D eigenvalue weighted by Crippen LogP contribution is 2.46. The van der Waals surface area contributed by atoms with E-state index in [-0.39, 0.29) is 75.0 Å². The molecule has 0 N–H and O–H groups in total. The predicted molar refractivity (Wildman–Crippen MR) is 331 cm³/mol. The summed E-state index contributed by atoms with van der Waals surface area (Å²) in [6.07, 6.45) is 0.934. The molecule has 0 spiro atoms. The molecule has 6 aromatic carbocycles. The Morgan fingerprint density at radius 1 is 0.345 bits per heavy atom. The molecule has 0 radical (unpaired) electrons. The fourth-order valence-corrected chi connectivity index (χ4v) is 11.1. The van der Waals surface area contributed by atoms with Crippen LogP contribution in [0.3, 0.4) is 0 Å². The standard InChI is InChI=1S/C70H86N2O12/c1-19-79-61-43-23-44-30-56(68(10,11)12)34-48(62(44)80-20-2)26-53-39-60(72(77)78)40-54(66(53)84-42(6)74)28-50-36-58(70(16,17)18)32-46(64(50)82-22-4)24-45-31-57(69(13,14)15)35-49(63(45)81-21-3)27-52-38-59(71(75)76)37-51(65(52)83-41(5)73)25-47(61)33-55(29-43)67(7,8)9/h29-40H,19-28H2,1-18H3. The fraction of sp³-hybridized carbons (Fsp3) is 0.457. The molecule has 0 unspecified atom stereocenters. The minimum absolute atomic E-state index is 0.0848. The van der Waals surface area contributed by atoms with Crippen molar-refractivity contribution in [3.05, 3.63) is 182 Å². The minimum atomic E-state index is -0.584. The van der Waals surface area contributed by atoms with E-state index in [0.717, 1.165) is 66.8 Å². The lowest BCUT2D eigenvalue weighted by Crippen LogP contribution is -2.17. The van der Waals surface area contributed by atoms with Gasteiger partial charge in [0, 0.05) is 98.9 Å². The Kier molecular flexibility index (Phi) is 19.2. The normalized spacial score (nSPS) is 13.1. The molecule has 1 aliphatic carbocycles. The van der Waals surface area contributed by atoms with Gasteiger partial charge in [0.1, 0.15) is 34.5 Å². The first-order valence-corrected chi connectivity index (χ1v) is 29.4. The molecule has 7 rings (SSSR count). The Labute approximate surface area is 496 Å². The maximum absolute atomic E-state index is 13.4. The van der Waals surface area contributed by atoms with Crippen LogP contribution in [0.5, 0.6) is 34.5 Å². The minimum Gasteiger partial charge on any atom is -0.493 e. The zero-order valence-corrected chi connectivity index (χ0v) is 52.8. The number of benzene rings is 6. The van der Waals surface area contributed by atoms with Crippen molar-refractivity contribution in [2.75, 3.05) is 26.4 Å². The molecular formula is C70H86N2O12. The van der Waals surface area contributed by atoms with Crippen molar-refractivity contribution >= 4 is 23.3 Å². The highest BCUT2D eigenvalue weighted by atomic mass is 16.6. The number of fused-ring (bicyclic) bond motifs is 12. The Balaban J connectivity index is 1.71. The van der Waals surface area contributed by atoms with Gasteiger partial charge in [-0.05, 0) is 116 Å². The number of non-ortho nitro benzene ring substituents is 2. The van der Waals surface area contributed by atoms with Gasteiger partial charge in [0.25, 0.3) is 11.4 Å². The van der Waals surface area contributed by atoms with Gasteiger partial charge in [0.15, 0.2) is 0 Å². The summed E-state index contributed by atoms with van der Waals surface area (Å²) in [6, 6.07) is 22.9. The highest BCUT2D eigenvalue weighted by molar-refractivity contribution is 5.73. The molecule has 84 heavy (non-hydrogen) atoms. The van der Waals surface area contributed by atoms with Gasteiger partial charge in [-0.3, -0.25) is 29.8 Å². The average molecular weight is 1150 g/mol. The van der Waals surface area contributed by atoms with E-state index in [1.165, 1.54) is 38.1 Å². The van der Waals surface area contributed by atoms with E-state index in [9.17, 15) is 29.8 Å². The summed E-state index contributed by atoms with van der Waals surface area (Å²) < 4.78 is 39.4. The van der Waals surface area contributed by atoms with Gasteiger partial charge < -0.3 is 28.4 Å². The van der Waals surface area contributed by atoms with E-state index in [1.807, 2.05) is 27.7 Å². The zero-order valence-electron chi connectivity index (χ0n) is 52.8. The molecule has 0 saturated heterocycles. The van der Waals surface area contributed by atoms with E-state index >= 15 is 0 Å². The molecule has 0 atom stereocenters. The second-order valence-corrected chi connectivity index (χ2v) is 26.2. The summed E-state index contributed by atoms with van der Waals surface area (Å²) in [5.41, 5.74) is 9.81. The van der Waals surface area contributed by atoms with Crippen LogP contribution in [0.15, 0.2) is 72.8 Å². The average Bonchev–Trinajstić information content (AvgIpc) is 3.43. The van der Waals surface area contributed by atoms with Crippen LogP contribution < -0.4 is 28.4 Å². The topological polar surface area (TPSA) is 176 Å². The van der Waals surface area contributed by atoms with Crippen molar-refractivity contribution in [3.8, 4) is 34.5 Å². The van der Waals surface area contributed by atoms with Gasteiger partial charge in [-0.15, -0.1) is 0 Å². The summed E-state index contributed by atoms with van der Waals surface area (Å²) in [5, 5.41) is 26.4. The molecule has 0 aliphatic heterocycles. The molecule has 0 fully saturated rings. The lowest BCUT2D eigenvalue weighted by molar-refractivity contribution is -0.385. The van der Waals surface area contributed by atoms with Gasteiger partial charge in [0.2, 0.25) is 0 Å². The number of nitro benzene ring substituents is 2. The molecule has 6 aromatic rings. The van der Waals surface area contributed by atoms with E-state index in [4.69, 9.17) is 28.4 Å². The maximum Gasteiger partial charge on any atom is 0.308 e. The maximum atomic E-state index is 13.4. The predicted octanol–water partition coefficient (Wildman–Crippen LogP) is 16.0. The molecule has 1 aliphatic rings. The van der Waals surface area contributed by atoms with Crippen LogP contribution >= 0.6 is 0 Å². The molecule has 14 heteroatoms. The first kappa shape index (κ1) is 63.8. The summed E-state index contributed by atoms with van der Waals surface area (Å²) in [4.78, 5) is 52.5. The van der Waals surface area contributed by atoms with Crippen LogP contribution in [0.1, 0.15) is 214 Å². The Morgan fingerprint density at radius 2 is 0.512 bits per heavy atom. The number of carbonyl (C=O) groups is 2. The van der Waals surface area contributed by atoms with Gasteiger partial charge in [-0.2, -0.15) is 0 Å². The number of rotatable bonds is 12. The van der Waals surface area contributed by atoms with Crippen LogP contribution in [0.25, 0.3) is 0 Å². The number of ether oxygens (including phenoxy) is 6. The zero-order chi connectivity index (χ0) is 62.0. The van der Waals surface area contributed by atoms with Gasteiger partial charge in [-0.1, -0.05) is 132 Å². The number of hydrogen-bond acceptors (Lipinski definition) is 12. The van der Waals surface area contributed by atoms with Crippen LogP contribution in [0.2, 0.25) is 0 Å². The number of nitrogens with zero attached hydrogens (tertiary/aromatic N) is 2. The summed E-state index contributed by atoms with van der Waals surface area (Å²) in [7, 11) is 0. The monoisotopic (exact) mass is 1150 g/mol. The van der Waals surface area contributed by atoms with Gasteiger partial charge in [0.05, 0.1) is 36.3 Å². The third-order valence-electron chi connectivity index (χ3n) is 15.2. The molecule has 12 bridgehead atoms. The van der Waals surface area contributed by atoms with E-state index in [0.29, 0.717) is 58.1 Å². The lowest BCUT2D eigenvalue weighted by Gasteiger charge is -2.27. The first-order valence-electron chi connectivity index (χ1n) is 29.4. The molecule has 0 amide bonds. The largest absolute Gasteiger partial charge is 0.493 e. The van der Waals surface area contributed by atoms with Crippen molar-refractivity contribution in [1.29, 1.82) is 0 Å². The van der Waals surface area contributed by atoms with Crippen molar-refractivity contribution < 1.29 is 47.9 Å². The van der Waals surface area contributed by atoms with Crippen LogP contribution in [0.4, 0.5) is 11.4 Å². The molecule has 0 aromatic heterocycles. The third kappa shape index (κ3) is 14.8. The third-order valence-corrected chi connectivity index (χ3v) is 15.2. The number of nitro groups is 2. The molecule has 448 valence electrons. The van der Waals surface area contributed by atoms with Crippen LogP contribution in [-0.4, -0.2) is 48.2 Å². The lowest BCUT2D eigenvalue weighted by atomic mass is 9.80. The van der Waals surface area contributed by atoms with Crippen LogP contribution in [-0.2, 0) is 69.8 Å². The number of esters is 2. The molecule has 0 heterocycles. The summed E-state index contributed by atoms with van der Waals surface area (Å²) >= 11 is 0. The van der Waals surface area contributed by atoms with Crippen molar-refractivity contribution in [3.63, 3.8) is 0 Å². The molecule has 14 nitrogen and oxygen atoms in total. The molecule has 0 saturated carbocycles. The second-order valence-electron chi connectivity index (χ2n) is 26.2. The van der Waals surface area contributed by atoms with Gasteiger partial charge in [-0.25, -0.2) is 0 Å². The Bertz CT molecular complexity index is 3090. The quantitative estimate of drug-likeness (QED) is 0.0490. The van der Waals surface area contributed by atoms with Crippen LogP contribution in [0, 0.1) is 20.2 Å².